The Bertz CT molecular complexity index is 999. The first kappa shape index (κ1) is 22.5. The van der Waals surface area contributed by atoms with Crippen LogP contribution in [0.5, 0.6) is 5.75 Å². The smallest absolute Gasteiger partial charge is 0.344 e. The third kappa shape index (κ3) is 2.54. The largest absolute Gasteiger partial charge is 0.497 e. The Morgan fingerprint density at radius 3 is 2.58 bits per heavy atom. The molecule has 8 nitrogen and oxygen atoms in total. The molecule has 3 aliphatic heterocycles. The fourth-order valence-electron chi connectivity index (χ4n) is 8.16. The molecule has 1 saturated carbocycles. The van der Waals surface area contributed by atoms with Gasteiger partial charge in [-0.15, -0.1) is 0 Å². The van der Waals surface area contributed by atoms with Crippen molar-refractivity contribution in [2.75, 3.05) is 39.3 Å². The Morgan fingerprint density at radius 2 is 1.94 bits per heavy atom. The van der Waals surface area contributed by atoms with Gasteiger partial charge in [-0.2, -0.15) is 0 Å². The molecule has 2 saturated heterocycles. The summed E-state index contributed by atoms with van der Waals surface area (Å²) < 4.78 is 16.7. The lowest BCUT2D eigenvalue weighted by atomic mass is 9.46. The molecule has 0 amide bonds. The van der Waals surface area contributed by atoms with E-state index >= 15 is 0 Å². The fourth-order valence-corrected chi connectivity index (χ4v) is 8.16. The van der Waals surface area contributed by atoms with Gasteiger partial charge in [-0.25, -0.2) is 4.79 Å². The van der Waals surface area contributed by atoms with Crippen LogP contribution in [0.25, 0.3) is 0 Å². The van der Waals surface area contributed by atoms with E-state index in [9.17, 15) is 14.7 Å². The summed E-state index contributed by atoms with van der Waals surface area (Å²) in [6.45, 7) is 5.25. The van der Waals surface area contributed by atoms with Crippen molar-refractivity contribution in [1.29, 1.82) is 0 Å². The molecular formula is C25H34N2O6. The second kappa shape index (κ2) is 7.34. The molecule has 1 aromatic carbocycles. The Kier molecular flexibility index (Phi) is 5.00. The van der Waals surface area contributed by atoms with E-state index in [4.69, 9.17) is 14.2 Å². The van der Waals surface area contributed by atoms with Gasteiger partial charge in [0.15, 0.2) is 6.10 Å². The van der Waals surface area contributed by atoms with Crippen molar-refractivity contribution in [3.05, 3.63) is 23.8 Å². The van der Waals surface area contributed by atoms with Crippen molar-refractivity contribution < 1.29 is 28.9 Å². The maximum atomic E-state index is 13.5. The summed E-state index contributed by atoms with van der Waals surface area (Å²) >= 11 is 0. The first-order valence-corrected chi connectivity index (χ1v) is 11.9. The number of likely N-dealkylation sites (N-methyl/N-ethyl adjacent to an activating group) is 1. The summed E-state index contributed by atoms with van der Waals surface area (Å²) in [4.78, 5) is 30.4. The molecule has 180 valence electrons. The van der Waals surface area contributed by atoms with Crippen LogP contribution in [0.4, 0.5) is 5.69 Å². The normalized spacial score (nSPS) is 38.8. The number of benzene rings is 1. The number of methoxy groups -OCH3 is 2. The molecule has 1 aliphatic carbocycles. The summed E-state index contributed by atoms with van der Waals surface area (Å²) in [7, 11) is 4.82. The minimum atomic E-state index is -2.03. The Morgan fingerprint density at radius 1 is 1.18 bits per heavy atom. The van der Waals surface area contributed by atoms with E-state index in [1.165, 1.54) is 14.0 Å². The van der Waals surface area contributed by atoms with Crippen LogP contribution in [-0.2, 0) is 24.5 Å². The second-order valence-electron chi connectivity index (χ2n) is 10.1. The van der Waals surface area contributed by atoms with Crippen LogP contribution >= 0.6 is 0 Å². The molecule has 3 heterocycles. The molecule has 8 heteroatoms. The van der Waals surface area contributed by atoms with Gasteiger partial charge in [0.2, 0.25) is 5.60 Å². The van der Waals surface area contributed by atoms with Gasteiger partial charge in [0, 0.05) is 42.6 Å². The number of anilines is 1. The predicted molar refractivity (Wildman–Crippen MR) is 121 cm³/mol. The Hall–Kier alpha value is -2.32. The summed E-state index contributed by atoms with van der Waals surface area (Å²) in [5, 5.41) is 12.5. The van der Waals surface area contributed by atoms with E-state index in [-0.39, 0.29) is 6.04 Å². The van der Waals surface area contributed by atoms with Crippen molar-refractivity contribution >= 4 is 17.6 Å². The number of carbonyl (C=O) groups is 2. The average Bonchev–Trinajstić information content (AvgIpc) is 3.32. The quantitative estimate of drug-likeness (QED) is 0.684. The van der Waals surface area contributed by atoms with E-state index in [1.807, 2.05) is 24.1 Å². The molecule has 0 radical (unpaired) electrons. The molecule has 0 aromatic heterocycles. The van der Waals surface area contributed by atoms with Crippen molar-refractivity contribution in [2.24, 2.45) is 5.41 Å². The van der Waals surface area contributed by atoms with Crippen LogP contribution in [0.2, 0.25) is 0 Å². The zero-order valence-corrected chi connectivity index (χ0v) is 20.1. The lowest BCUT2D eigenvalue weighted by Crippen LogP contribution is -2.82. The van der Waals surface area contributed by atoms with Crippen LogP contribution in [0.3, 0.4) is 0 Å². The van der Waals surface area contributed by atoms with Gasteiger partial charge in [-0.1, -0.05) is 13.0 Å². The minimum Gasteiger partial charge on any atom is -0.497 e. The number of rotatable bonds is 4. The number of aliphatic hydroxyl groups is 1. The van der Waals surface area contributed by atoms with E-state index in [2.05, 4.69) is 17.9 Å². The van der Waals surface area contributed by atoms with Gasteiger partial charge in [0.25, 0.3) is 0 Å². The molecule has 3 fully saturated rings. The molecule has 33 heavy (non-hydrogen) atoms. The van der Waals surface area contributed by atoms with Crippen molar-refractivity contribution in [3.63, 3.8) is 0 Å². The molecule has 6 atom stereocenters. The third-order valence-electron chi connectivity index (χ3n) is 9.05. The summed E-state index contributed by atoms with van der Waals surface area (Å²) in [6.07, 6.45) is 2.16. The third-order valence-corrected chi connectivity index (χ3v) is 9.05. The number of ether oxygens (including phenoxy) is 3. The Balaban J connectivity index is 1.84. The van der Waals surface area contributed by atoms with Crippen LogP contribution in [0.1, 0.15) is 45.1 Å². The standard InChI is InChI=1S/C25H34N2O6/c1-6-23-10-7-12-27-13-11-24(19(23)27)17-9-8-16(31-4)14-18(17)26(3)20(24)25(30,22(29)32-5)21(23)33-15(2)28/h8-9,14,19-21,30H,6-7,10-13H2,1-5H3/t19-,20?,21+,23+,24+,25?/m0/s1. The molecule has 4 aliphatic rings. The highest BCUT2D eigenvalue weighted by Crippen LogP contribution is 2.68. The Labute approximate surface area is 194 Å². The topological polar surface area (TPSA) is 88.5 Å². The molecular weight excluding hydrogens is 424 g/mol. The van der Waals surface area contributed by atoms with Crippen LogP contribution in [0.15, 0.2) is 18.2 Å². The van der Waals surface area contributed by atoms with Crippen molar-refractivity contribution in [2.45, 2.75) is 68.7 Å². The van der Waals surface area contributed by atoms with Crippen LogP contribution in [0, 0.1) is 5.41 Å². The predicted octanol–water partition coefficient (Wildman–Crippen LogP) is 1.87. The van der Waals surface area contributed by atoms with Crippen molar-refractivity contribution in [3.8, 4) is 5.75 Å². The van der Waals surface area contributed by atoms with Gasteiger partial charge in [-0.05, 0) is 50.4 Å². The zero-order chi connectivity index (χ0) is 23.8. The first-order chi connectivity index (χ1) is 15.7. The molecule has 1 aromatic rings. The van der Waals surface area contributed by atoms with Crippen molar-refractivity contribution in [1.82, 2.24) is 4.90 Å². The highest BCUT2D eigenvalue weighted by Gasteiger charge is 2.80. The highest BCUT2D eigenvalue weighted by atomic mass is 16.6. The van der Waals surface area contributed by atoms with Crippen LogP contribution < -0.4 is 9.64 Å². The van der Waals surface area contributed by atoms with Crippen LogP contribution in [-0.4, -0.2) is 80.1 Å². The lowest BCUT2D eigenvalue weighted by molar-refractivity contribution is -0.242. The summed E-state index contributed by atoms with van der Waals surface area (Å²) in [5.74, 6) is -0.535. The molecule has 2 unspecified atom stereocenters. The lowest BCUT2D eigenvalue weighted by Gasteiger charge is -2.65. The molecule has 1 spiro atoms. The van der Waals surface area contributed by atoms with E-state index in [0.717, 1.165) is 43.6 Å². The first-order valence-electron chi connectivity index (χ1n) is 11.9. The zero-order valence-electron chi connectivity index (χ0n) is 20.1. The highest BCUT2D eigenvalue weighted by molar-refractivity contribution is 5.86. The van der Waals surface area contributed by atoms with Gasteiger partial charge in [-0.3, -0.25) is 9.69 Å². The van der Waals surface area contributed by atoms with Gasteiger partial charge < -0.3 is 24.2 Å². The maximum absolute atomic E-state index is 13.5. The number of piperidine rings is 1. The monoisotopic (exact) mass is 458 g/mol. The van der Waals surface area contributed by atoms with E-state index in [0.29, 0.717) is 12.2 Å². The maximum Gasteiger partial charge on any atom is 0.344 e. The minimum absolute atomic E-state index is 0.0279. The van der Waals surface area contributed by atoms with Gasteiger partial charge in [0.05, 0.1) is 20.3 Å². The number of nitrogens with zero attached hydrogens (tertiary/aromatic N) is 2. The molecule has 0 bridgehead atoms. The SMILES string of the molecule is CC[C@]12CCCN3CC[C@@]4(c5ccc(OC)cc5N(C)C4C(O)(C(=O)OC)[C@@H]1OC(C)=O)[C@@H]32. The van der Waals surface area contributed by atoms with Gasteiger partial charge in [0.1, 0.15) is 5.75 Å². The number of esters is 2. The number of hydrogen-bond acceptors (Lipinski definition) is 8. The number of hydrogen-bond donors (Lipinski definition) is 1. The number of fused-ring (bicyclic) bond motifs is 1. The van der Waals surface area contributed by atoms with Gasteiger partial charge >= 0.3 is 11.9 Å². The number of carbonyl (C=O) groups excluding carboxylic acids is 2. The van der Waals surface area contributed by atoms with E-state index in [1.54, 1.807) is 7.11 Å². The second-order valence-corrected chi connectivity index (χ2v) is 10.1. The van der Waals surface area contributed by atoms with E-state index < -0.39 is 40.5 Å². The average molecular weight is 459 g/mol. The fraction of sp³-hybridized carbons (Fsp3) is 0.680. The molecule has 1 N–H and O–H groups in total. The summed E-state index contributed by atoms with van der Waals surface area (Å²) in [6, 6.07) is 5.41. The summed E-state index contributed by atoms with van der Waals surface area (Å²) in [5.41, 5.74) is -1.06. The molecule has 5 rings (SSSR count).